The van der Waals surface area contributed by atoms with Gasteiger partial charge in [0.1, 0.15) is 5.01 Å². The highest BCUT2D eigenvalue weighted by Crippen LogP contribution is 2.29. The van der Waals surface area contributed by atoms with Gasteiger partial charge >= 0.3 is 0 Å². The van der Waals surface area contributed by atoms with Crippen LogP contribution >= 0.6 is 11.3 Å². The van der Waals surface area contributed by atoms with Crippen LogP contribution in [0, 0.1) is 28.6 Å². The first-order chi connectivity index (χ1) is 10.6. The molecule has 0 aliphatic rings. The van der Waals surface area contributed by atoms with E-state index < -0.39 is 5.92 Å². The van der Waals surface area contributed by atoms with E-state index >= 15 is 0 Å². The third-order valence-electron chi connectivity index (χ3n) is 3.59. The molecular weight excluding hydrogens is 294 g/mol. The van der Waals surface area contributed by atoms with E-state index in [1.54, 1.807) is 12.1 Å². The Balaban J connectivity index is 2.28. The third-order valence-corrected chi connectivity index (χ3v) is 4.50. The van der Waals surface area contributed by atoms with Gasteiger partial charge < -0.3 is 0 Å². The summed E-state index contributed by atoms with van der Waals surface area (Å²) < 4.78 is 0. The average Bonchev–Trinajstić information content (AvgIpc) is 3.04. The molecule has 0 radical (unpaired) electrons. The summed E-state index contributed by atoms with van der Waals surface area (Å²) in [5.74, 6) is -1.02. The Morgan fingerprint density at radius 1 is 1.32 bits per heavy atom. The van der Waals surface area contributed by atoms with Gasteiger partial charge in [0.15, 0.2) is 11.7 Å². The van der Waals surface area contributed by atoms with Crippen molar-refractivity contribution in [3.8, 4) is 23.4 Å². The number of Topliss-reactive ketones (excluding diaryl/α,β-unsaturated/α-hetero) is 1. The number of hydrogen-bond donors (Lipinski definition) is 0. The number of carbonyl (C=O) groups excluding carboxylic acids is 1. The molecule has 0 N–H and O–H groups in total. The first kappa shape index (κ1) is 15.9. The van der Waals surface area contributed by atoms with Gasteiger partial charge in [-0.05, 0) is 18.6 Å². The van der Waals surface area contributed by atoms with Gasteiger partial charge in [0.2, 0.25) is 0 Å². The molecule has 1 heterocycles. The lowest BCUT2D eigenvalue weighted by atomic mass is 9.93. The van der Waals surface area contributed by atoms with Crippen molar-refractivity contribution in [1.29, 1.82) is 10.5 Å². The Morgan fingerprint density at radius 3 is 2.55 bits per heavy atom. The first-order valence-corrected chi connectivity index (χ1v) is 7.88. The molecule has 0 bridgehead atoms. The fraction of sp³-hybridized carbons (Fsp3) is 0.294. The molecule has 1 aromatic carbocycles. The van der Waals surface area contributed by atoms with Crippen molar-refractivity contribution in [2.24, 2.45) is 5.92 Å². The summed E-state index contributed by atoms with van der Waals surface area (Å²) in [6.45, 7) is 3.77. The van der Waals surface area contributed by atoms with Crippen molar-refractivity contribution in [3.05, 3.63) is 40.2 Å². The van der Waals surface area contributed by atoms with Crippen molar-refractivity contribution in [3.63, 3.8) is 0 Å². The third kappa shape index (κ3) is 3.21. The molecule has 2 aromatic rings. The lowest BCUT2D eigenvalue weighted by Crippen LogP contribution is -2.18. The molecule has 0 aliphatic carbocycles. The van der Waals surface area contributed by atoms with Crippen molar-refractivity contribution in [2.75, 3.05) is 0 Å². The number of nitrogens with zero attached hydrogens (tertiary/aromatic N) is 3. The Bertz CT molecular complexity index is 749. The van der Waals surface area contributed by atoms with Gasteiger partial charge in [0.25, 0.3) is 0 Å². The van der Waals surface area contributed by atoms with E-state index in [1.807, 2.05) is 31.4 Å². The van der Waals surface area contributed by atoms with E-state index in [-0.39, 0.29) is 11.7 Å². The first-order valence-electron chi connectivity index (χ1n) is 7.00. The van der Waals surface area contributed by atoms with Crippen LogP contribution in [0.25, 0.3) is 11.3 Å². The van der Waals surface area contributed by atoms with E-state index in [1.165, 1.54) is 11.3 Å². The minimum atomic E-state index is -0.799. The van der Waals surface area contributed by atoms with Crippen molar-refractivity contribution in [1.82, 2.24) is 4.98 Å². The van der Waals surface area contributed by atoms with Crippen LogP contribution in [0.2, 0.25) is 0 Å². The van der Waals surface area contributed by atoms with Crippen LogP contribution in [0.4, 0.5) is 0 Å². The molecular formula is C17H15N3OS. The predicted octanol–water partition coefficient (Wildman–Crippen LogP) is 3.90. The molecule has 22 heavy (non-hydrogen) atoms. The Hall–Kier alpha value is -2.50. The molecule has 0 fully saturated rings. The minimum absolute atomic E-state index is 0.0780. The van der Waals surface area contributed by atoms with E-state index in [0.29, 0.717) is 17.0 Å². The molecule has 0 unspecified atom stereocenters. The Kier molecular flexibility index (Phi) is 5.04. The number of thiazole rings is 1. The molecule has 0 aliphatic heterocycles. The maximum Gasteiger partial charge on any atom is 0.159 e. The lowest BCUT2D eigenvalue weighted by molar-refractivity contribution is -0.122. The molecule has 0 amide bonds. The fourth-order valence-corrected chi connectivity index (χ4v) is 2.87. The van der Waals surface area contributed by atoms with E-state index in [2.05, 4.69) is 17.1 Å². The Morgan fingerprint density at radius 2 is 2.00 bits per heavy atom. The second kappa shape index (κ2) is 6.98. The number of benzene rings is 1. The molecule has 0 spiro atoms. The monoisotopic (exact) mass is 309 g/mol. The number of ketones is 1. The fourth-order valence-electron chi connectivity index (χ4n) is 1.99. The van der Waals surface area contributed by atoms with Crippen molar-refractivity contribution in [2.45, 2.75) is 26.2 Å². The second-order valence-electron chi connectivity index (χ2n) is 5.03. The smallest absolute Gasteiger partial charge is 0.159 e. The van der Waals surface area contributed by atoms with Crippen LogP contribution < -0.4 is 0 Å². The van der Waals surface area contributed by atoms with Gasteiger partial charge in [0.05, 0.1) is 23.4 Å². The van der Waals surface area contributed by atoms with E-state index in [4.69, 9.17) is 5.26 Å². The molecule has 4 nitrogen and oxygen atoms in total. The van der Waals surface area contributed by atoms with Crippen LogP contribution in [-0.4, -0.2) is 10.8 Å². The zero-order chi connectivity index (χ0) is 16.1. The van der Waals surface area contributed by atoms with Crippen LogP contribution in [0.1, 0.15) is 36.8 Å². The number of hydrogen-bond acceptors (Lipinski definition) is 5. The van der Waals surface area contributed by atoms with Crippen LogP contribution in [-0.2, 0) is 4.79 Å². The largest absolute Gasteiger partial charge is 0.297 e. The van der Waals surface area contributed by atoms with Gasteiger partial charge in [-0.25, -0.2) is 4.98 Å². The SMILES string of the molecule is CC[C@@H](C)C(=O)[C@@H](C#N)c1nc(-c2ccc(C#N)cc2)cs1. The van der Waals surface area contributed by atoms with Gasteiger partial charge in [-0.1, -0.05) is 26.0 Å². The molecule has 2 atom stereocenters. The van der Waals surface area contributed by atoms with Crippen LogP contribution in [0.3, 0.4) is 0 Å². The zero-order valence-electron chi connectivity index (χ0n) is 12.4. The van der Waals surface area contributed by atoms with Gasteiger partial charge in [-0.15, -0.1) is 11.3 Å². The average molecular weight is 309 g/mol. The highest BCUT2D eigenvalue weighted by Gasteiger charge is 2.27. The van der Waals surface area contributed by atoms with Crippen molar-refractivity contribution >= 4 is 17.1 Å². The molecule has 0 saturated carbocycles. The quantitative estimate of drug-likeness (QED) is 0.839. The maximum absolute atomic E-state index is 12.2. The van der Waals surface area contributed by atoms with Gasteiger partial charge in [0, 0.05) is 16.9 Å². The number of carbonyl (C=O) groups is 1. The topological polar surface area (TPSA) is 77.5 Å². The molecule has 5 heteroatoms. The molecule has 0 saturated heterocycles. The minimum Gasteiger partial charge on any atom is -0.297 e. The lowest BCUT2D eigenvalue weighted by Gasteiger charge is -2.10. The summed E-state index contributed by atoms with van der Waals surface area (Å²) in [6, 6.07) is 11.2. The summed E-state index contributed by atoms with van der Waals surface area (Å²) in [7, 11) is 0. The summed E-state index contributed by atoms with van der Waals surface area (Å²) in [6.07, 6.45) is 0.713. The normalized spacial score (nSPS) is 12.9. The predicted molar refractivity (Wildman–Crippen MR) is 85.1 cm³/mol. The highest BCUT2D eigenvalue weighted by atomic mass is 32.1. The standard InChI is InChI=1S/C17H15N3OS/c1-3-11(2)16(21)14(9-19)17-20-15(10-22-17)13-6-4-12(8-18)5-7-13/h4-7,10-11,14H,3H2,1-2H3/t11-,14-/m1/s1. The van der Waals surface area contributed by atoms with E-state index in [9.17, 15) is 10.1 Å². The maximum atomic E-state index is 12.2. The van der Waals surface area contributed by atoms with Crippen LogP contribution in [0.15, 0.2) is 29.6 Å². The van der Waals surface area contributed by atoms with E-state index in [0.717, 1.165) is 11.3 Å². The number of nitriles is 2. The van der Waals surface area contributed by atoms with Gasteiger partial charge in [-0.2, -0.15) is 10.5 Å². The highest BCUT2D eigenvalue weighted by molar-refractivity contribution is 7.10. The Labute approximate surface area is 133 Å². The second-order valence-corrected chi connectivity index (χ2v) is 5.92. The summed E-state index contributed by atoms with van der Waals surface area (Å²) in [5, 5.41) is 20.5. The van der Waals surface area contributed by atoms with Crippen molar-refractivity contribution < 1.29 is 4.79 Å². The van der Waals surface area contributed by atoms with Crippen LogP contribution in [0.5, 0.6) is 0 Å². The molecule has 1 aromatic heterocycles. The van der Waals surface area contributed by atoms with Gasteiger partial charge in [-0.3, -0.25) is 4.79 Å². The summed E-state index contributed by atoms with van der Waals surface area (Å²) in [4.78, 5) is 16.7. The number of aromatic nitrogens is 1. The summed E-state index contributed by atoms with van der Waals surface area (Å²) in [5.41, 5.74) is 2.18. The summed E-state index contributed by atoms with van der Waals surface area (Å²) >= 11 is 1.32. The molecule has 110 valence electrons. The molecule has 2 rings (SSSR count). The number of rotatable bonds is 5. The zero-order valence-corrected chi connectivity index (χ0v) is 13.2.